The zero-order chi connectivity index (χ0) is 19.1. The molecule has 1 N–H and O–H groups in total. The molecule has 5 rings (SSSR count). The van der Waals surface area contributed by atoms with Crippen LogP contribution in [0.15, 0.2) is 48.5 Å². The number of carbonyl (C=O) groups is 1. The Bertz CT molecular complexity index is 977. The Balaban J connectivity index is 1.47. The Kier molecular flexibility index (Phi) is 4.60. The summed E-state index contributed by atoms with van der Waals surface area (Å²) in [5.74, 6) is 1.07. The van der Waals surface area contributed by atoms with Gasteiger partial charge < -0.3 is 4.98 Å². The number of imidazole rings is 1. The van der Waals surface area contributed by atoms with Crippen LogP contribution >= 0.6 is 23.4 Å². The molecule has 1 aliphatic carbocycles. The highest BCUT2D eigenvalue weighted by Crippen LogP contribution is 2.52. The van der Waals surface area contributed by atoms with Crippen molar-refractivity contribution < 1.29 is 4.79 Å². The summed E-state index contributed by atoms with van der Waals surface area (Å²) in [6, 6.07) is 15.7. The minimum atomic E-state index is -0.139. The maximum Gasteiger partial charge on any atom is 0.241 e. The van der Waals surface area contributed by atoms with E-state index in [4.69, 9.17) is 16.6 Å². The third-order valence-electron chi connectivity index (χ3n) is 5.80. The fourth-order valence-electron chi connectivity index (χ4n) is 4.52. The second-order valence-corrected chi connectivity index (χ2v) is 9.67. The molecule has 1 atom stereocenters. The largest absolute Gasteiger partial charge is 0.342 e. The van der Waals surface area contributed by atoms with Gasteiger partial charge in [0.15, 0.2) is 0 Å². The second-order valence-electron chi connectivity index (χ2n) is 7.67. The van der Waals surface area contributed by atoms with Crippen LogP contribution in [0.4, 0.5) is 5.69 Å². The van der Waals surface area contributed by atoms with Crippen molar-refractivity contribution in [2.45, 2.75) is 48.6 Å². The van der Waals surface area contributed by atoms with Gasteiger partial charge in [0, 0.05) is 17.1 Å². The van der Waals surface area contributed by atoms with E-state index in [1.165, 1.54) is 19.3 Å². The molecule has 6 heteroatoms. The fraction of sp³-hybridized carbons (Fsp3) is 0.364. The molecule has 28 heavy (non-hydrogen) atoms. The van der Waals surface area contributed by atoms with Gasteiger partial charge in [0.2, 0.25) is 5.91 Å². The Labute approximate surface area is 173 Å². The standard InChI is InChI=1S/C22H22ClN3OS/c23-15-8-10-16(11-9-15)26-21(27)19(28-22(26)12-4-1-5-13-22)14-20-24-17-6-2-3-7-18(17)25-20/h2-3,6-11,19H,1,4-5,12-14H2,(H,24,25). The number of anilines is 1. The van der Waals surface area contributed by atoms with Crippen molar-refractivity contribution in [3.63, 3.8) is 0 Å². The lowest BCUT2D eigenvalue weighted by atomic mass is 9.92. The fourth-order valence-corrected chi connectivity index (χ4v) is 6.45. The molecule has 144 valence electrons. The number of aromatic amines is 1. The summed E-state index contributed by atoms with van der Waals surface area (Å²) in [6.45, 7) is 0. The maximum atomic E-state index is 13.5. The summed E-state index contributed by atoms with van der Waals surface area (Å²) in [7, 11) is 0. The van der Waals surface area contributed by atoms with E-state index in [-0.39, 0.29) is 16.0 Å². The van der Waals surface area contributed by atoms with Crippen LogP contribution in [0.3, 0.4) is 0 Å². The van der Waals surface area contributed by atoms with Gasteiger partial charge in [-0.2, -0.15) is 0 Å². The molecule has 0 radical (unpaired) electrons. The number of para-hydroxylation sites is 2. The van der Waals surface area contributed by atoms with Crippen LogP contribution in [0.1, 0.15) is 37.9 Å². The van der Waals surface area contributed by atoms with Gasteiger partial charge in [-0.3, -0.25) is 9.69 Å². The van der Waals surface area contributed by atoms with Gasteiger partial charge in [0.1, 0.15) is 5.82 Å². The SMILES string of the molecule is O=C1C(Cc2nc3ccccc3[nH]2)SC2(CCCCC2)N1c1ccc(Cl)cc1. The van der Waals surface area contributed by atoms with E-state index in [0.717, 1.165) is 35.4 Å². The molecule has 1 aliphatic heterocycles. The minimum absolute atomic E-state index is 0.116. The predicted octanol–water partition coefficient (Wildman–Crippen LogP) is 5.57. The molecule has 2 heterocycles. The van der Waals surface area contributed by atoms with Crippen molar-refractivity contribution in [1.82, 2.24) is 9.97 Å². The van der Waals surface area contributed by atoms with Gasteiger partial charge in [-0.15, -0.1) is 11.8 Å². The average Bonchev–Trinajstić information content (AvgIpc) is 3.22. The Morgan fingerprint density at radius 3 is 2.61 bits per heavy atom. The molecule has 1 spiro atoms. The number of hydrogen-bond donors (Lipinski definition) is 1. The van der Waals surface area contributed by atoms with Crippen LogP contribution in [-0.4, -0.2) is 26.0 Å². The number of thioether (sulfide) groups is 1. The number of benzene rings is 2. The van der Waals surface area contributed by atoms with Gasteiger partial charge in [0.05, 0.1) is 21.2 Å². The quantitative estimate of drug-likeness (QED) is 0.613. The van der Waals surface area contributed by atoms with Crippen LogP contribution in [0.25, 0.3) is 11.0 Å². The average molecular weight is 412 g/mol. The van der Waals surface area contributed by atoms with E-state index in [9.17, 15) is 4.79 Å². The molecular weight excluding hydrogens is 390 g/mol. The molecule has 1 unspecified atom stereocenters. The van der Waals surface area contributed by atoms with Crippen LogP contribution in [0.2, 0.25) is 5.02 Å². The lowest BCUT2D eigenvalue weighted by Gasteiger charge is -2.40. The number of nitrogens with one attached hydrogen (secondary N) is 1. The predicted molar refractivity (Wildman–Crippen MR) is 116 cm³/mol. The van der Waals surface area contributed by atoms with E-state index < -0.39 is 0 Å². The molecule has 4 nitrogen and oxygen atoms in total. The first-order valence-corrected chi connectivity index (χ1v) is 11.1. The number of amides is 1. The van der Waals surface area contributed by atoms with Crippen LogP contribution in [0.5, 0.6) is 0 Å². The van der Waals surface area contributed by atoms with Crippen LogP contribution in [-0.2, 0) is 11.2 Å². The summed E-state index contributed by atoms with van der Waals surface area (Å²) in [4.78, 5) is 23.5. The number of carbonyl (C=O) groups excluding carboxylic acids is 1. The lowest BCUT2D eigenvalue weighted by molar-refractivity contribution is -0.118. The highest BCUT2D eigenvalue weighted by atomic mass is 35.5. The summed E-state index contributed by atoms with van der Waals surface area (Å²) in [5.41, 5.74) is 2.93. The van der Waals surface area contributed by atoms with Gasteiger partial charge in [-0.05, 0) is 49.2 Å². The molecule has 1 saturated carbocycles. The van der Waals surface area contributed by atoms with Crippen molar-refractivity contribution in [3.05, 3.63) is 59.4 Å². The van der Waals surface area contributed by atoms with Gasteiger partial charge in [-0.1, -0.05) is 43.0 Å². The molecule has 2 fully saturated rings. The van der Waals surface area contributed by atoms with Gasteiger partial charge >= 0.3 is 0 Å². The summed E-state index contributed by atoms with van der Waals surface area (Å²) in [5, 5.41) is 0.578. The van der Waals surface area contributed by atoms with E-state index in [2.05, 4.69) is 9.88 Å². The second kappa shape index (κ2) is 7.12. The smallest absolute Gasteiger partial charge is 0.241 e. The third-order valence-corrected chi connectivity index (χ3v) is 7.74. The number of fused-ring (bicyclic) bond motifs is 1. The van der Waals surface area contributed by atoms with E-state index >= 15 is 0 Å². The van der Waals surface area contributed by atoms with Crippen LogP contribution < -0.4 is 4.90 Å². The minimum Gasteiger partial charge on any atom is -0.342 e. The van der Waals surface area contributed by atoms with E-state index in [1.54, 1.807) is 0 Å². The first-order chi connectivity index (χ1) is 13.6. The highest BCUT2D eigenvalue weighted by molar-refractivity contribution is 8.02. The third kappa shape index (κ3) is 3.11. The number of hydrogen-bond acceptors (Lipinski definition) is 3. The number of H-pyrrole nitrogens is 1. The number of aromatic nitrogens is 2. The monoisotopic (exact) mass is 411 g/mol. The summed E-state index contributed by atoms with van der Waals surface area (Å²) >= 11 is 7.92. The zero-order valence-corrected chi connectivity index (χ0v) is 17.1. The molecule has 1 aromatic heterocycles. The molecule has 1 saturated heterocycles. The Morgan fingerprint density at radius 1 is 1.11 bits per heavy atom. The first kappa shape index (κ1) is 18.1. The molecule has 2 aliphatic rings. The van der Waals surface area contributed by atoms with Crippen molar-refractivity contribution in [2.75, 3.05) is 4.90 Å². The van der Waals surface area contributed by atoms with Crippen molar-refractivity contribution in [1.29, 1.82) is 0 Å². The van der Waals surface area contributed by atoms with Gasteiger partial charge in [-0.25, -0.2) is 4.98 Å². The normalized spacial score (nSPS) is 21.7. The van der Waals surface area contributed by atoms with E-state index in [1.807, 2.05) is 60.3 Å². The van der Waals surface area contributed by atoms with Crippen molar-refractivity contribution in [3.8, 4) is 0 Å². The zero-order valence-electron chi connectivity index (χ0n) is 15.5. The Morgan fingerprint density at radius 2 is 1.86 bits per heavy atom. The van der Waals surface area contributed by atoms with Gasteiger partial charge in [0.25, 0.3) is 0 Å². The summed E-state index contributed by atoms with van der Waals surface area (Å²) < 4.78 is 0. The highest BCUT2D eigenvalue weighted by Gasteiger charge is 2.52. The molecule has 0 bridgehead atoms. The number of rotatable bonds is 3. The molecule has 2 aromatic carbocycles. The lowest BCUT2D eigenvalue weighted by Crippen LogP contribution is -2.46. The van der Waals surface area contributed by atoms with E-state index in [0.29, 0.717) is 11.4 Å². The molecular formula is C22H22ClN3OS. The van der Waals surface area contributed by atoms with Crippen molar-refractivity contribution >= 4 is 46.0 Å². The molecule has 1 amide bonds. The topological polar surface area (TPSA) is 49.0 Å². The Hall–Kier alpha value is -1.98. The maximum absolute atomic E-state index is 13.5. The number of halogens is 1. The van der Waals surface area contributed by atoms with Crippen molar-refractivity contribution in [2.24, 2.45) is 0 Å². The van der Waals surface area contributed by atoms with Crippen LogP contribution in [0, 0.1) is 0 Å². The molecule has 3 aromatic rings. The number of nitrogens with zero attached hydrogens (tertiary/aromatic N) is 2. The summed E-state index contributed by atoms with van der Waals surface area (Å²) in [6.07, 6.45) is 6.30. The first-order valence-electron chi connectivity index (χ1n) is 9.86.